The van der Waals surface area contributed by atoms with Crippen molar-refractivity contribution in [2.75, 3.05) is 5.32 Å². The fraction of sp³-hybridized carbons (Fsp3) is 0.533. The van der Waals surface area contributed by atoms with E-state index in [1.807, 2.05) is 6.92 Å². The zero-order valence-electron chi connectivity index (χ0n) is 12.0. The molecule has 0 unspecified atom stereocenters. The number of hydrogen-bond donors (Lipinski definition) is 1. The number of aromatic nitrogens is 2. The zero-order valence-corrected chi connectivity index (χ0v) is 12.0. The van der Waals surface area contributed by atoms with Gasteiger partial charge in [0.15, 0.2) is 0 Å². The Kier molecular flexibility index (Phi) is 3.69. The average Bonchev–Trinajstić information content (AvgIpc) is 3.11. The molecule has 1 N–H and O–H groups in total. The molecule has 0 aromatic carbocycles. The molecule has 1 aliphatic rings. The number of carbonyl (C=O) groups is 1. The van der Waals surface area contributed by atoms with Crippen LogP contribution in [0.1, 0.15) is 46.4 Å². The standard InChI is InChI=1S/C15H21N3O/c1-10(11-5-6-11)7-13(19)18-12-8-16-14(17-9-12)15(2,3)4/h7-9,11H,5-6H2,1-4H3,(H,18,19). The van der Waals surface area contributed by atoms with Gasteiger partial charge in [-0.3, -0.25) is 4.79 Å². The number of amides is 1. The Balaban J connectivity index is 1.99. The van der Waals surface area contributed by atoms with Crippen LogP contribution in [0.3, 0.4) is 0 Å². The van der Waals surface area contributed by atoms with Gasteiger partial charge in [-0.15, -0.1) is 0 Å². The molecule has 1 saturated carbocycles. The van der Waals surface area contributed by atoms with Crippen molar-refractivity contribution in [1.29, 1.82) is 0 Å². The second-order valence-corrected chi connectivity index (χ2v) is 6.20. The van der Waals surface area contributed by atoms with Gasteiger partial charge in [-0.25, -0.2) is 9.97 Å². The average molecular weight is 259 g/mol. The molecule has 1 fully saturated rings. The Morgan fingerprint density at radius 3 is 2.37 bits per heavy atom. The van der Waals surface area contributed by atoms with E-state index in [4.69, 9.17) is 0 Å². The number of hydrogen-bond acceptors (Lipinski definition) is 3. The number of nitrogens with one attached hydrogen (secondary N) is 1. The molecule has 4 heteroatoms. The number of carbonyl (C=O) groups excluding carboxylic acids is 1. The van der Waals surface area contributed by atoms with Crippen LogP contribution in [0.2, 0.25) is 0 Å². The molecule has 1 aliphatic carbocycles. The van der Waals surface area contributed by atoms with Crippen molar-refractivity contribution in [1.82, 2.24) is 9.97 Å². The number of nitrogens with zero attached hydrogens (tertiary/aromatic N) is 2. The van der Waals surface area contributed by atoms with Crippen molar-refractivity contribution in [3.05, 3.63) is 29.9 Å². The third-order valence-corrected chi connectivity index (χ3v) is 3.17. The van der Waals surface area contributed by atoms with Gasteiger partial charge in [-0.2, -0.15) is 0 Å². The minimum Gasteiger partial charge on any atom is -0.320 e. The Morgan fingerprint density at radius 1 is 1.32 bits per heavy atom. The Morgan fingerprint density at radius 2 is 1.89 bits per heavy atom. The van der Waals surface area contributed by atoms with Crippen LogP contribution in [0.25, 0.3) is 0 Å². The van der Waals surface area contributed by atoms with Gasteiger partial charge in [0.1, 0.15) is 5.82 Å². The van der Waals surface area contributed by atoms with Crippen LogP contribution in [0.5, 0.6) is 0 Å². The Labute approximate surface area is 114 Å². The summed E-state index contributed by atoms with van der Waals surface area (Å²) in [5.41, 5.74) is 1.72. The lowest BCUT2D eigenvalue weighted by molar-refractivity contribution is -0.112. The van der Waals surface area contributed by atoms with E-state index < -0.39 is 0 Å². The summed E-state index contributed by atoms with van der Waals surface area (Å²) < 4.78 is 0. The van der Waals surface area contributed by atoms with Crippen LogP contribution in [0.15, 0.2) is 24.0 Å². The maximum atomic E-state index is 11.8. The van der Waals surface area contributed by atoms with Crippen molar-refractivity contribution in [3.63, 3.8) is 0 Å². The van der Waals surface area contributed by atoms with E-state index in [0.717, 1.165) is 11.4 Å². The van der Waals surface area contributed by atoms with Crippen LogP contribution in [-0.4, -0.2) is 15.9 Å². The number of anilines is 1. The lowest BCUT2D eigenvalue weighted by Gasteiger charge is -2.16. The monoisotopic (exact) mass is 259 g/mol. The van der Waals surface area contributed by atoms with Crippen molar-refractivity contribution in [2.45, 2.75) is 46.0 Å². The lowest BCUT2D eigenvalue weighted by atomic mass is 9.96. The van der Waals surface area contributed by atoms with E-state index in [9.17, 15) is 4.79 Å². The first kappa shape index (κ1) is 13.7. The predicted molar refractivity (Wildman–Crippen MR) is 75.8 cm³/mol. The Hall–Kier alpha value is -1.71. The van der Waals surface area contributed by atoms with Gasteiger partial charge >= 0.3 is 0 Å². The van der Waals surface area contributed by atoms with Crippen LogP contribution in [0, 0.1) is 5.92 Å². The zero-order chi connectivity index (χ0) is 14.0. The predicted octanol–water partition coefficient (Wildman–Crippen LogP) is 3.07. The summed E-state index contributed by atoms with van der Waals surface area (Å²) in [6, 6.07) is 0. The molecule has 0 radical (unpaired) electrons. The van der Waals surface area contributed by atoms with Gasteiger partial charge in [0.25, 0.3) is 0 Å². The van der Waals surface area contributed by atoms with E-state index in [1.54, 1.807) is 18.5 Å². The van der Waals surface area contributed by atoms with Crippen LogP contribution in [-0.2, 0) is 10.2 Å². The largest absolute Gasteiger partial charge is 0.320 e. The third-order valence-electron chi connectivity index (χ3n) is 3.17. The molecule has 1 aromatic heterocycles. The minimum absolute atomic E-state index is 0.0784. The van der Waals surface area contributed by atoms with Gasteiger partial charge in [0.05, 0.1) is 18.1 Å². The first-order valence-electron chi connectivity index (χ1n) is 6.68. The van der Waals surface area contributed by atoms with Crippen molar-refractivity contribution in [2.24, 2.45) is 5.92 Å². The highest BCUT2D eigenvalue weighted by molar-refractivity contribution is 5.99. The van der Waals surface area contributed by atoms with Gasteiger partial charge in [0, 0.05) is 11.5 Å². The summed E-state index contributed by atoms with van der Waals surface area (Å²) in [4.78, 5) is 20.4. The van der Waals surface area contributed by atoms with E-state index in [0.29, 0.717) is 11.6 Å². The second kappa shape index (κ2) is 5.11. The third kappa shape index (κ3) is 3.88. The second-order valence-electron chi connectivity index (χ2n) is 6.20. The van der Waals surface area contributed by atoms with Crippen molar-refractivity contribution in [3.8, 4) is 0 Å². The van der Waals surface area contributed by atoms with Gasteiger partial charge in [-0.05, 0) is 25.7 Å². The van der Waals surface area contributed by atoms with Crippen LogP contribution < -0.4 is 5.32 Å². The molecule has 102 valence electrons. The number of rotatable bonds is 3. The summed E-state index contributed by atoms with van der Waals surface area (Å²) in [6.45, 7) is 8.18. The van der Waals surface area contributed by atoms with Crippen molar-refractivity contribution >= 4 is 11.6 Å². The van der Waals surface area contributed by atoms with Gasteiger partial charge < -0.3 is 5.32 Å². The highest BCUT2D eigenvalue weighted by atomic mass is 16.1. The molecule has 1 amide bonds. The molecule has 2 rings (SSSR count). The van der Waals surface area contributed by atoms with E-state index in [2.05, 4.69) is 36.1 Å². The highest BCUT2D eigenvalue weighted by Gasteiger charge is 2.23. The van der Waals surface area contributed by atoms with E-state index in [-0.39, 0.29) is 11.3 Å². The first-order valence-corrected chi connectivity index (χ1v) is 6.68. The fourth-order valence-electron chi connectivity index (χ4n) is 1.82. The Bertz CT molecular complexity index is 493. The lowest BCUT2D eigenvalue weighted by Crippen LogP contribution is -2.16. The van der Waals surface area contributed by atoms with Gasteiger partial charge in [0.2, 0.25) is 5.91 Å². The maximum Gasteiger partial charge on any atom is 0.248 e. The summed E-state index contributed by atoms with van der Waals surface area (Å²) in [6.07, 6.45) is 7.41. The smallest absolute Gasteiger partial charge is 0.248 e. The minimum atomic E-state index is -0.100. The summed E-state index contributed by atoms with van der Waals surface area (Å²) >= 11 is 0. The fourth-order valence-corrected chi connectivity index (χ4v) is 1.82. The summed E-state index contributed by atoms with van der Waals surface area (Å²) in [5.74, 6) is 1.29. The number of allylic oxidation sites excluding steroid dienone is 1. The molecule has 1 heterocycles. The quantitative estimate of drug-likeness (QED) is 0.849. The molecule has 1 aromatic rings. The van der Waals surface area contributed by atoms with Crippen molar-refractivity contribution < 1.29 is 4.79 Å². The molecule has 0 aliphatic heterocycles. The SMILES string of the molecule is CC(=CC(=O)Nc1cnc(C(C)(C)C)nc1)C1CC1. The molecule has 0 bridgehead atoms. The van der Waals surface area contributed by atoms with E-state index >= 15 is 0 Å². The molecule has 0 spiro atoms. The molecule has 4 nitrogen and oxygen atoms in total. The van der Waals surface area contributed by atoms with Crippen LogP contribution in [0.4, 0.5) is 5.69 Å². The molecular weight excluding hydrogens is 238 g/mol. The summed E-state index contributed by atoms with van der Waals surface area (Å²) in [5, 5.41) is 2.79. The molecule has 19 heavy (non-hydrogen) atoms. The maximum absolute atomic E-state index is 11.8. The molecule has 0 saturated heterocycles. The topological polar surface area (TPSA) is 54.9 Å². The summed E-state index contributed by atoms with van der Waals surface area (Å²) in [7, 11) is 0. The molecule has 0 atom stereocenters. The molecular formula is C15H21N3O. The normalized spacial score (nSPS) is 16.3. The van der Waals surface area contributed by atoms with Gasteiger partial charge in [-0.1, -0.05) is 26.3 Å². The first-order chi connectivity index (χ1) is 8.86. The van der Waals surface area contributed by atoms with E-state index in [1.165, 1.54) is 12.8 Å². The highest BCUT2D eigenvalue weighted by Crippen LogP contribution is 2.35. The van der Waals surface area contributed by atoms with Crippen LogP contribution >= 0.6 is 0 Å².